The Balaban J connectivity index is 2.38. The highest BCUT2D eigenvalue weighted by atomic mass is 32.2. The predicted octanol–water partition coefficient (Wildman–Crippen LogP) is 3.52. The monoisotopic (exact) mass is 418 g/mol. The Bertz CT molecular complexity index is 973. The zero-order valence-electron chi connectivity index (χ0n) is 18.0. The fourth-order valence-electron chi connectivity index (χ4n) is 3.33. The van der Waals surface area contributed by atoms with Crippen LogP contribution in [0, 0.1) is 13.8 Å². The summed E-state index contributed by atoms with van der Waals surface area (Å²) in [4.78, 5) is 14.8. The Kier molecular flexibility index (Phi) is 7.30. The molecule has 0 fully saturated rings. The highest BCUT2D eigenvalue weighted by Gasteiger charge is 2.33. The van der Waals surface area contributed by atoms with Crippen LogP contribution >= 0.6 is 0 Å². The van der Waals surface area contributed by atoms with E-state index in [2.05, 4.69) is 0 Å². The molecule has 1 amide bonds. The lowest BCUT2D eigenvalue weighted by atomic mass is 10.1. The Morgan fingerprint density at radius 3 is 2.31 bits per heavy atom. The average Bonchev–Trinajstić information content (AvgIpc) is 2.67. The zero-order chi connectivity index (χ0) is 21.8. The Labute approximate surface area is 174 Å². The van der Waals surface area contributed by atoms with E-state index in [1.807, 2.05) is 57.2 Å². The molecular weight excluding hydrogens is 388 g/mol. The lowest BCUT2D eigenvalue weighted by Gasteiger charge is -2.33. The van der Waals surface area contributed by atoms with E-state index in [0.29, 0.717) is 24.4 Å². The molecule has 158 valence electrons. The number of hydrogen-bond acceptors (Lipinski definition) is 4. The number of aryl methyl sites for hydroxylation is 2. The van der Waals surface area contributed by atoms with Crippen molar-refractivity contribution in [2.24, 2.45) is 0 Å². The van der Waals surface area contributed by atoms with Crippen LogP contribution in [0.25, 0.3) is 0 Å². The SMILES string of the molecule is CC[C@@H](C(=O)N(C)Cc1ccccc1OC)N(c1ccc(C)c(C)c1)S(C)(=O)=O. The number of amides is 1. The number of para-hydroxylation sites is 1. The summed E-state index contributed by atoms with van der Waals surface area (Å²) in [5.41, 5.74) is 3.40. The van der Waals surface area contributed by atoms with Gasteiger partial charge in [-0.15, -0.1) is 0 Å². The summed E-state index contributed by atoms with van der Waals surface area (Å²) >= 11 is 0. The first-order chi connectivity index (χ1) is 13.6. The number of hydrogen-bond donors (Lipinski definition) is 0. The third-order valence-electron chi connectivity index (χ3n) is 5.03. The second-order valence-corrected chi connectivity index (χ2v) is 9.12. The van der Waals surface area contributed by atoms with E-state index in [-0.39, 0.29) is 5.91 Å². The molecule has 0 aliphatic heterocycles. The normalized spacial score (nSPS) is 12.3. The van der Waals surface area contributed by atoms with Crippen LogP contribution < -0.4 is 9.04 Å². The number of benzene rings is 2. The molecule has 0 saturated carbocycles. The van der Waals surface area contributed by atoms with Gasteiger partial charge in [0.2, 0.25) is 15.9 Å². The minimum absolute atomic E-state index is 0.262. The van der Waals surface area contributed by atoms with E-state index in [1.54, 1.807) is 25.1 Å². The van der Waals surface area contributed by atoms with Crippen molar-refractivity contribution >= 4 is 21.6 Å². The summed E-state index contributed by atoms with van der Waals surface area (Å²) in [6, 6.07) is 12.1. The molecule has 0 unspecified atom stereocenters. The van der Waals surface area contributed by atoms with Gasteiger partial charge in [-0.25, -0.2) is 8.42 Å². The highest BCUT2D eigenvalue weighted by molar-refractivity contribution is 7.92. The van der Waals surface area contributed by atoms with Crippen molar-refractivity contribution in [3.63, 3.8) is 0 Å². The highest BCUT2D eigenvalue weighted by Crippen LogP contribution is 2.26. The van der Waals surface area contributed by atoms with Crippen LogP contribution in [0.4, 0.5) is 5.69 Å². The van der Waals surface area contributed by atoms with Gasteiger partial charge in [0.15, 0.2) is 0 Å². The van der Waals surface area contributed by atoms with Crippen molar-refractivity contribution in [2.75, 3.05) is 24.7 Å². The maximum Gasteiger partial charge on any atom is 0.246 e. The van der Waals surface area contributed by atoms with Gasteiger partial charge in [0.05, 0.1) is 19.1 Å². The minimum atomic E-state index is -3.66. The molecule has 0 bridgehead atoms. The number of likely N-dealkylation sites (N-methyl/N-ethyl adjacent to an activating group) is 1. The van der Waals surface area contributed by atoms with Gasteiger partial charge in [-0.2, -0.15) is 0 Å². The number of anilines is 1. The van der Waals surface area contributed by atoms with Crippen molar-refractivity contribution in [3.8, 4) is 5.75 Å². The average molecular weight is 419 g/mol. The van der Waals surface area contributed by atoms with Gasteiger partial charge in [0.1, 0.15) is 11.8 Å². The molecule has 0 radical (unpaired) electrons. The number of nitrogens with zero attached hydrogens (tertiary/aromatic N) is 2. The van der Waals surface area contributed by atoms with E-state index in [4.69, 9.17) is 4.74 Å². The summed E-state index contributed by atoms with van der Waals surface area (Å²) in [5.74, 6) is 0.427. The molecule has 29 heavy (non-hydrogen) atoms. The summed E-state index contributed by atoms with van der Waals surface area (Å²) in [6.07, 6.45) is 1.49. The number of carbonyl (C=O) groups excluding carboxylic acids is 1. The second kappa shape index (κ2) is 9.31. The van der Waals surface area contributed by atoms with Gasteiger partial charge in [-0.1, -0.05) is 31.2 Å². The van der Waals surface area contributed by atoms with Gasteiger partial charge < -0.3 is 9.64 Å². The molecule has 2 aromatic rings. The smallest absolute Gasteiger partial charge is 0.246 e. The summed E-state index contributed by atoms with van der Waals surface area (Å²) in [5, 5.41) is 0. The van der Waals surface area contributed by atoms with Crippen LogP contribution in [-0.4, -0.2) is 45.7 Å². The van der Waals surface area contributed by atoms with Crippen molar-refractivity contribution in [2.45, 2.75) is 39.8 Å². The fraction of sp³-hybridized carbons (Fsp3) is 0.409. The van der Waals surface area contributed by atoms with E-state index in [1.165, 1.54) is 4.31 Å². The van der Waals surface area contributed by atoms with Crippen molar-refractivity contribution in [1.29, 1.82) is 0 Å². The maximum atomic E-state index is 13.3. The maximum absolute atomic E-state index is 13.3. The van der Waals surface area contributed by atoms with Crippen LogP contribution in [0.2, 0.25) is 0 Å². The standard InChI is InChI=1S/C22H30N2O4S/c1-7-20(22(25)23(4)15-18-10-8-9-11-21(18)28-5)24(29(6,26)27)19-13-12-16(2)17(3)14-19/h8-14,20H,7,15H2,1-6H3/t20-/m0/s1. The van der Waals surface area contributed by atoms with Gasteiger partial charge in [0.25, 0.3) is 0 Å². The predicted molar refractivity (Wildman–Crippen MR) is 117 cm³/mol. The molecule has 0 aliphatic carbocycles. The van der Waals surface area contributed by atoms with Crippen molar-refractivity contribution in [1.82, 2.24) is 4.90 Å². The Morgan fingerprint density at radius 1 is 1.10 bits per heavy atom. The third-order valence-corrected chi connectivity index (χ3v) is 6.21. The molecule has 6 nitrogen and oxygen atoms in total. The minimum Gasteiger partial charge on any atom is -0.496 e. The summed E-state index contributed by atoms with van der Waals surface area (Å²) < 4.78 is 31.9. The van der Waals surface area contributed by atoms with Gasteiger partial charge in [0, 0.05) is 19.2 Å². The zero-order valence-corrected chi connectivity index (χ0v) is 18.8. The van der Waals surface area contributed by atoms with Gasteiger partial charge in [-0.05, 0) is 49.6 Å². The first-order valence-corrected chi connectivity index (χ1v) is 11.4. The first-order valence-electron chi connectivity index (χ1n) is 9.53. The molecule has 0 spiro atoms. The molecule has 0 aliphatic rings. The molecular formula is C22H30N2O4S. The Hall–Kier alpha value is -2.54. The largest absolute Gasteiger partial charge is 0.496 e. The van der Waals surface area contributed by atoms with Gasteiger partial charge in [-0.3, -0.25) is 9.10 Å². The molecule has 0 saturated heterocycles. The van der Waals surface area contributed by atoms with Crippen LogP contribution in [-0.2, 0) is 21.4 Å². The molecule has 2 rings (SSSR count). The quantitative estimate of drug-likeness (QED) is 0.658. The number of methoxy groups -OCH3 is 1. The Morgan fingerprint density at radius 2 is 1.76 bits per heavy atom. The van der Waals surface area contributed by atoms with Crippen molar-refractivity contribution < 1.29 is 17.9 Å². The third kappa shape index (κ3) is 5.29. The number of carbonyl (C=O) groups is 1. The summed E-state index contributed by atoms with van der Waals surface area (Å²) in [7, 11) is -0.399. The number of ether oxygens (including phenoxy) is 1. The van der Waals surface area contributed by atoms with Crippen LogP contribution in [0.1, 0.15) is 30.0 Å². The molecule has 0 aromatic heterocycles. The van der Waals surface area contributed by atoms with Crippen LogP contribution in [0.15, 0.2) is 42.5 Å². The number of rotatable bonds is 8. The first kappa shape index (κ1) is 22.7. The van der Waals surface area contributed by atoms with E-state index in [9.17, 15) is 13.2 Å². The molecule has 1 atom stereocenters. The second-order valence-electron chi connectivity index (χ2n) is 7.26. The molecule has 0 heterocycles. The van der Waals surface area contributed by atoms with Crippen molar-refractivity contribution in [3.05, 3.63) is 59.2 Å². The number of sulfonamides is 1. The van der Waals surface area contributed by atoms with Gasteiger partial charge >= 0.3 is 0 Å². The summed E-state index contributed by atoms with van der Waals surface area (Å²) in [6.45, 7) is 6.03. The molecule has 0 N–H and O–H groups in total. The van der Waals surface area contributed by atoms with Crippen LogP contribution in [0.5, 0.6) is 5.75 Å². The lowest BCUT2D eigenvalue weighted by Crippen LogP contribution is -2.49. The molecule has 7 heteroatoms. The van der Waals surface area contributed by atoms with Crippen LogP contribution in [0.3, 0.4) is 0 Å². The van der Waals surface area contributed by atoms with E-state index >= 15 is 0 Å². The fourth-order valence-corrected chi connectivity index (χ4v) is 4.53. The van der Waals surface area contributed by atoms with E-state index < -0.39 is 16.1 Å². The molecule has 2 aromatic carbocycles. The lowest BCUT2D eigenvalue weighted by molar-refractivity contribution is -0.131. The van der Waals surface area contributed by atoms with E-state index in [0.717, 1.165) is 22.9 Å². The topological polar surface area (TPSA) is 66.9 Å².